The lowest BCUT2D eigenvalue weighted by Crippen LogP contribution is -1.97. The maximum absolute atomic E-state index is 5.46. The molecule has 0 aliphatic heterocycles. The topological polar surface area (TPSA) is 39.4 Å². The predicted molar refractivity (Wildman–Crippen MR) is 74.4 cm³/mol. The van der Waals surface area contributed by atoms with Crippen LogP contribution in [0.4, 0.5) is 0 Å². The van der Waals surface area contributed by atoms with Crippen molar-refractivity contribution in [3.05, 3.63) is 47.8 Å². The van der Waals surface area contributed by atoms with Gasteiger partial charge in [-0.25, -0.2) is 9.50 Å². The summed E-state index contributed by atoms with van der Waals surface area (Å²) in [5.74, 6) is 0.843. The summed E-state index contributed by atoms with van der Waals surface area (Å²) in [6.07, 6.45) is 3.58. The summed E-state index contributed by atoms with van der Waals surface area (Å²) in [7, 11) is 1.68. The minimum absolute atomic E-state index is 0.839. The average molecular weight is 253 g/mol. The number of rotatable bonds is 2. The fraction of sp³-hybridized carbons (Fsp3) is 0.200. The Morgan fingerprint density at radius 2 is 1.89 bits per heavy atom. The molecule has 3 aromatic rings. The third-order valence-corrected chi connectivity index (χ3v) is 3.35. The molecule has 3 rings (SSSR count). The first-order valence-electron chi connectivity index (χ1n) is 6.15. The van der Waals surface area contributed by atoms with Crippen LogP contribution >= 0.6 is 0 Å². The molecule has 0 radical (unpaired) electrons. The van der Waals surface area contributed by atoms with Crippen molar-refractivity contribution < 1.29 is 4.74 Å². The van der Waals surface area contributed by atoms with Crippen LogP contribution in [0, 0.1) is 13.8 Å². The van der Waals surface area contributed by atoms with Gasteiger partial charge in [0.1, 0.15) is 5.75 Å². The highest BCUT2D eigenvalue weighted by atomic mass is 16.5. The summed E-state index contributed by atoms with van der Waals surface area (Å²) in [6.45, 7) is 4.17. The molecule has 0 N–H and O–H groups in total. The molecule has 0 amide bonds. The van der Waals surface area contributed by atoms with Gasteiger partial charge in [-0.3, -0.25) is 0 Å². The van der Waals surface area contributed by atoms with Gasteiger partial charge < -0.3 is 4.74 Å². The van der Waals surface area contributed by atoms with Crippen molar-refractivity contribution >= 4 is 5.65 Å². The minimum atomic E-state index is 0.839. The maximum atomic E-state index is 5.46. The molecule has 0 saturated heterocycles. The molecule has 2 aromatic heterocycles. The molecule has 0 atom stereocenters. The highest BCUT2D eigenvalue weighted by Crippen LogP contribution is 2.31. The number of hydrogen-bond acceptors (Lipinski definition) is 3. The van der Waals surface area contributed by atoms with E-state index in [1.165, 1.54) is 11.1 Å². The van der Waals surface area contributed by atoms with Crippen LogP contribution in [0.15, 0.2) is 36.7 Å². The fourth-order valence-electron chi connectivity index (χ4n) is 2.12. The standard InChI is InChI=1S/C15H15N3O/c1-10-8-12(14(19-3)9-11(10)2)13-4-5-15-16-6-7-18(15)17-13/h4-9H,1-3H3. The summed E-state index contributed by atoms with van der Waals surface area (Å²) in [6, 6.07) is 8.08. The first-order chi connectivity index (χ1) is 9.19. The Kier molecular flexibility index (Phi) is 2.71. The Hall–Kier alpha value is -2.36. The largest absolute Gasteiger partial charge is 0.496 e. The molecule has 0 fully saturated rings. The summed E-state index contributed by atoms with van der Waals surface area (Å²) in [5.41, 5.74) is 5.16. The van der Waals surface area contributed by atoms with Crippen molar-refractivity contribution in [3.63, 3.8) is 0 Å². The van der Waals surface area contributed by atoms with Crippen LogP contribution in [0.1, 0.15) is 11.1 Å². The van der Waals surface area contributed by atoms with Gasteiger partial charge in [0.15, 0.2) is 5.65 Å². The van der Waals surface area contributed by atoms with Gasteiger partial charge in [0.2, 0.25) is 0 Å². The second kappa shape index (κ2) is 4.39. The monoisotopic (exact) mass is 253 g/mol. The van der Waals surface area contributed by atoms with E-state index < -0.39 is 0 Å². The lowest BCUT2D eigenvalue weighted by molar-refractivity contribution is 0.416. The molecule has 0 aliphatic rings. The SMILES string of the molecule is COc1cc(C)c(C)cc1-c1ccc2nccn2n1. The summed E-state index contributed by atoms with van der Waals surface area (Å²) in [5, 5.41) is 4.56. The molecule has 0 bridgehead atoms. The van der Waals surface area contributed by atoms with Gasteiger partial charge in [-0.05, 0) is 49.2 Å². The highest BCUT2D eigenvalue weighted by molar-refractivity contribution is 5.69. The molecule has 1 aromatic carbocycles. The first kappa shape index (κ1) is 11.7. The molecule has 2 heterocycles. The molecular weight excluding hydrogens is 238 g/mol. The lowest BCUT2D eigenvalue weighted by Gasteiger charge is -2.11. The second-order valence-corrected chi connectivity index (χ2v) is 4.59. The quantitative estimate of drug-likeness (QED) is 0.704. The van der Waals surface area contributed by atoms with Gasteiger partial charge in [0.25, 0.3) is 0 Å². The third-order valence-electron chi connectivity index (χ3n) is 3.35. The van der Waals surface area contributed by atoms with Gasteiger partial charge in [-0.1, -0.05) is 0 Å². The molecular formula is C15H15N3O. The number of aromatic nitrogens is 3. The van der Waals surface area contributed by atoms with Gasteiger partial charge in [-0.15, -0.1) is 0 Å². The van der Waals surface area contributed by atoms with Gasteiger partial charge in [0, 0.05) is 18.0 Å². The molecule has 0 saturated carbocycles. The van der Waals surface area contributed by atoms with Crippen LogP contribution in [0.25, 0.3) is 16.9 Å². The van der Waals surface area contributed by atoms with Crippen molar-refractivity contribution in [1.29, 1.82) is 0 Å². The third kappa shape index (κ3) is 1.95. The number of imidazole rings is 1. The first-order valence-corrected chi connectivity index (χ1v) is 6.15. The molecule has 4 heteroatoms. The lowest BCUT2D eigenvalue weighted by atomic mass is 10.0. The number of methoxy groups -OCH3 is 1. The zero-order valence-corrected chi connectivity index (χ0v) is 11.2. The van der Waals surface area contributed by atoms with E-state index in [1.807, 2.05) is 24.4 Å². The van der Waals surface area contributed by atoms with Gasteiger partial charge in [0.05, 0.1) is 12.8 Å². The van der Waals surface area contributed by atoms with E-state index in [2.05, 4.69) is 30.0 Å². The Balaban J connectivity index is 2.22. The number of aryl methyl sites for hydroxylation is 2. The van der Waals surface area contributed by atoms with Crippen LogP contribution in [0.2, 0.25) is 0 Å². The zero-order chi connectivity index (χ0) is 13.4. The fourth-order valence-corrected chi connectivity index (χ4v) is 2.12. The van der Waals surface area contributed by atoms with Crippen LogP contribution < -0.4 is 4.74 Å². The van der Waals surface area contributed by atoms with E-state index in [9.17, 15) is 0 Å². The number of ether oxygens (including phenoxy) is 1. The van der Waals surface area contributed by atoms with Crippen molar-refractivity contribution in [1.82, 2.24) is 14.6 Å². The number of hydrogen-bond donors (Lipinski definition) is 0. The predicted octanol–water partition coefficient (Wildman–Crippen LogP) is 3.02. The van der Waals surface area contributed by atoms with E-state index >= 15 is 0 Å². The number of benzene rings is 1. The van der Waals surface area contributed by atoms with Crippen molar-refractivity contribution in [3.8, 4) is 17.0 Å². The van der Waals surface area contributed by atoms with E-state index in [0.29, 0.717) is 0 Å². The average Bonchev–Trinajstić information content (AvgIpc) is 2.88. The molecule has 0 spiro atoms. The molecule has 19 heavy (non-hydrogen) atoms. The molecule has 96 valence electrons. The molecule has 4 nitrogen and oxygen atoms in total. The maximum Gasteiger partial charge on any atom is 0.153 e. The minimum Gasteiger partial charge on any atom is -0.496 e. The Bertz CT molecular complexity index is 746. The van der Waals surface area contributed by atoms with Crippen LogP contribution in [0.5, 0.6) is 5.75 Å². The summed E-state index contributed by atoms with van der Waals surface area (Å²) >= 11 is 0. The molecule has 0 aliphatic carbocycles. The Morgan fingerprint density at radius 1 is 1.11 bits per heavy atom. The summed E-state index contributed by atoms with van der Waals surface area (Å²) < 4.78 is 7.23. The Morgan fingerprint density at radius 3 is 2.68 bits per heavy atom. The smallest absolute Gasteiger partial charge is 0.153 e. The summed E-state index contributed by atoms with van der Waals surface area (Å²) in [4.78, 5) is 4.20. The normalized spacial score (nSPS) is 10.9. The highest BCUT2D eigenvalue weighted by Gasteiger charge is 2.10. The van der Waals surface area contributed by atoms with Crippen molar-refractivity contribution in [2.75, 3.05) is 7.11 Å². The van der Waals surface area contributed by atoms with Crippen LogP contribution in [-0.4, -0.2) is 21.7 Å². The van der Waals surface area contributed by atoms with E-state index in [4.69, 9.17) is 4.74 Å². The zero-order valence-electron chi connectivity index (χ0n) is 11.2. The van der Waals surface area contributed by atoms with Crippen molar-refractivity contribution in [2.45, 2.75) is 13.8 Å². The number of fused-ring (bicyclic) bond motifs is 1. The molecule has 0 unspecified atom stereocenters. The van der Waals surface area contributed by atoms with E-state index in [1.54, 1.807) is 17.8 Å². The van der Waals surface area contributed by atoms with E-state index in [-0.39, 0.29) is 0 Å². The van der Waals surface area contributed by atoms with E-state index in [0.717, 1.165) is 22.7 Å². The van der Waals surface area contributed by atoms with Crippen molar-refractivity contribution in [2.24, 2.45) is 0 Å². The Labute approximate surface area is 111 Å². The number of nitrogens with zero attached hydrogens (tertiary/aromatic N) is 3. The van der Waals surface area contributed by atoms with Crippen LogP contribution in [-0.2, 0) is 0 Å². The van der Waals surface area contributed by atoms with Crippen LogP contribution in [0.3, 0.4) is 0 Å². The van der Waals surface area contributed by atoms with Gasteiger partial charge >= 0.3 is 0 Å². The second-order valence-electron chi connectivity index (χ2n) is 4.59. The van der Waals surface area contributed by atoms with Gasteiger partial charge in [-0.2, -0.15) is 5.10 Å².